The van der Waals surface area contributed by atoms with Gasteiger partial charge in [-0.3, -0.25) is 4.79 Å². The lowest BCUT2D eigenvalue weighted by Crippen LogP contribution is -2.32. The van der Waals surface area contributed by atoms with Crippen molar-refractivity contribution >= 4 is 26.0 Å². The number of nitrogens with one attached hydrogen (secondary N) is 1. The number of aliphatic hydroxyl groups is 1. The molecule has 3 rings (SSSR count). The van der Waals surface area contributed by atoms with E-state index in [1.165, 1.54) is 18.2 Å². The van der Waals surface area contributed by atoms with E-state index in [0.29, 0.717) is 16.7 Å². The van der Waals surface area contributed by atoms with Gasteiger partial charge in [0.2, 0.25) is 10.0 Å². The van der Waals surface area contributed by atoms with Crippen molar-refractivity contribution in [2.24, 2.45) is 5.14 Å². The summed E-state index contributed by atoms with van der Waals surface area (Å²) >= 11 is 0. The van der Waals surface area contributed by atoms with Gasteiger partial charge in [0.1, 0.15) is 9.79 Å². The molecule has 3 aromatic rings. The molecule has 0 fully saturated rings. The number of carbonyl (C=O) groups is 1. The van der Waals surface area contributed by atoms with Crippen LogP contribution in [0.5, 0.6) is 0 Å². The first-order chi connectivity index (χ1) is 14.8. The molecule has 0 saturated carbocycles. The quantitative estimate of drug-likeness (QED) is 0.500. The molecular weight excluding hydrogens is 452 g/mol. The molecule has 4 N–H and O–H groups in total. The summed E-state index contributed by atoms with van der Waals surface area (Å²) < 4.78 is 51.2. The van der Waals surface area contributed by atoms with Gasteiger partial charge in [-0.25, -0.2) is 26.7 Å². The minimum Gasteiger partial charge on any atom is -0.386 e. The van der Waals surface area contributed by atoms with Crippen molar-refractivity contribution in [1.82, 2.24) is 4.72 Å². The maximum Gasteiger partial charge on any atom is 0.265 e. The summed E-state index contributed by atoms with van der Waals surface area (Å²) in [7, 11) is -8.89. The molecule has 168 valence electrons. The molecule has 0 atom stereocenters. The summed E-state index contributed by atoms with van der Waals surface area (Å²) in [5.41, 5.74) is 0.578. The average molecular weight is 475 g/mol. The van der Waals surface area contributed by atoms with Gasteiger partial charge in [-0.05, 0) is 54.8 Å². The van der Waals surface area contributed by atoms with E-state index in [9.17, 15) is 26.7 Å². The number of carbonyl (C=O) groups excluding carboxylic acids is 1. The molecule has 8 nitrogen and oxygen atoms in total. The number of primary sulfonamides is 1. The summed E-state index contributed by atoms with van der Waals surface area (Å²) in [6, 6.07) is 18.0. The fourth-order valence-electron chi connectivity index (χ4n) is 3.14. The van der Waals surface area contributed by atoms with Crippen LogP contribution in [0.4, 0.5) is 0 Å². The van der Waals surface area contributed by atoms with Crippen LogP contribution < -0.4 is 9.86 Å². The molecule has 0 aliphatic heterocycles. The van der Waals surface area contributed by atoms with E-state index in [1.807, 2.05) is 4.72 Å². The third-order valence-corrected chi connectivity index (χ3v) is 7.21. The minimum absolute atomic E-state index is 0.0528. The van der Waals surface area contributed by atoms with Crippen LogP contribution in [0, 0.1) is 0 Å². The minimum atomic E-state index is -4.55. The van der Waals surface area contributed by atoms with Gasteiger partial charge < -0.3 is 5.11 Å². The SMILES string of the molecule is CC(C)(O)c1cccc(-c2ccccc2C(=O)NS(=O)(=O)c2ccccc2S(N)(=O)=O)c1. The van der Waals surface area contributed by atoms with E-state index < -0.39 is 41.3 Å². The predicted octanol–water partition coefficient (Wildman–Crippen LogP) is 2.35. The van der Waals surface area contributed by atoms with Gasteiger partial charge in [0.15, 0.2) is 0 Å². The summed E-state index contributed by atoms with van der Waals surface area (Å²) in [6.45, 7) is 3.25. The average Bonchev–Trinajstić information content (AvgIpc) is 2.72. The lowest BCUT2D eigenvalue weighted by atomic mass is 9.92. The number of amides is 1. The molecular formula is C22H22N2O6S2. The molecule has 32 heavy (non-hydrogen) atoms. The smallest absolute Gasteiger partial charge is 0.265 e. The van der Waals surface area contributed by atoms with E-state index >= 15 is 0 Å². The van der Waals surface area contributed by atoms with Crippen LogP contribution in [-0.2, 0) is 25.6 Å². The highest BCUT2D eigenvalue weighted by Crippen LogP contribution is 2.29. The monoisotopic (exact) mass is 474 g/mol. The maximum atomic E-state index is 13.0. The molecule has 3 aromatic carbocycles. The van der Waals surface area contributed by atoms with Crippen LogP contribution in [0.15, 0.2) is 82.6 Å². The molecule has 0 aliphatic rings. The van der Waals surface area contributed by atoms with Crippen LogP contribution in [0.25, 0.3) is 11.1 Å². The zero-order valence-electron chi connectivity index (χ0n) is 17.3. The Kier molecular flexibility index (Phi) is 6.25. The first-order valence-corrected chi connectivity index (χ1v) is 12.4. The molecule has 0 aromatic heterocycles. The fraction of sp³-hybridized carbons (Fsp3) is 0.136. The van der Waals surface area contributed by atoms with Crippen LogP contribution in [0.3, 0.4) is 0 Å². The van der Waals surface area contributed by atoms with Crippen molar-refractivity contribution < 1.29 is 26.7 Å². The van der Waals surface area contributed by atoms with E-state index in [2.05, 4.69) is 0 Å². The van der Waals surface area contributed by atoms with Crippen molar-refractivity contribution in [1.29, 1.82) is 0 Å². The predicted molar refractivity (Wildman–Crippen MR) is 120 cm³/mol. The molecule has 0 heterocycles. The summed E-state index contributed by atoms with van der Waals surface area (Å²) in [4.78, 5) is 11.7. The Morgan fingerprint density at radius 3 is 2.09 bits per heavy atom. The number of benzene rings is 3. The third-order valence-electron chi connectivity index (χ3n) is 4.72. The summed E-state index contributed by atoms with van der Waals surface area (Å²) in [5.74, 6) is -0.946. The van der Waals surface area contributed by atoms with Crippen LogP contribution in [0.1, 0.15) is 29.8 Å². The van der Waals surface area contributed by atoms with Gasteiger partial charge in [0.05, 0.1) is 5.60 Å². The van der Waals surface area contributed by atoms with Crippen molar-refractivity contribution in [2.45, 2.75) is 29.2 Å². The molecule has 0 spiro atoms. The maximum absolute atomic E-state index is 13.0. The Hall–Kier alpha value is -3.05. The number of hydrogen-bond acceptors (Lipinski definition) is 6. The summed E-state index contributed by atoms with van der Waals surface area (Å²) in [5, 5.41) is 15.4. The van der Waals surface area contributed by atoms with E-state index in [0.717, 1.165) is 12.1 Å². The Balaban J connectivity index is 2.03. The van der Waals surface area contributed by atoms with Crippen molar-refractivity contribution in [2.75, 3.05) is 0 Å². The van der Waals surface area contributed by atoms with Gasteiger partial charge in [-0.15, -0.1) is 0 Å². The number of nitrogens with two attached hydrogens (primary N) is 1. The number of sulfonamides is 2. The van der Waals surface area contributed by atoms with E-state index in [1.54, 1.807) is 56.3 Å². The Bertz CT molecular complexity index is 1390. The lowest BCUT2D eigenvalue weighted by Gasteiger charge is -2.19. The zero-order chi connectivity index (χ0) is 23.7. The van der Waals surface area contributed by atoms with Crippen LogP contribution >= 0.6 is 0 Å². The van der Waals surface area contributed by atoms with E-state index in [-0.39, 0.29) is 5.56 Å². The van der Waals surface area contributed by atoms with Crippen LogP contribution in [0.2, 0.25) is 0 Å². The second-order valence-electron chi connectivity index (χ2n) is 7.61. The Morgan fingerprint density at radius 2 is 1.47 bits per heavy atom. The summed E-state index contributed by atoms with van der Waals surface area (Å²) in [6.07, 6.45) is 0. The van der Waals surface area contributed by atoms with Crippen molar-refractivity contribution in [3.05, 3.63) is 83.9 Å². The highest BCUT2D eigenvalue weighted by molar-refractivity contribution is 7.92. The second kappa shape index (κ2) is 8.47. The molecule has 0 saturated heterocycles. The number of rotatable bonds is 6. The lowest BCUT2D eigenvalue weighted by molar-refractivity contribution is 0.0786. The van der Waals surface area contributed by atoms with Gasteiger partial charge in [-0.1, -0.05) is 48.5 Å². The zero-order valence-corrected chi connectivity index (χ0v) is 18.9. The van der Waals surface area contributed by atoms with Gasteiger partial charge >= 0.3 is 0 Å². The first-order valence-electron chi connectivity index (χ1n) is 9.42. The van der Waals surface area contributed by atoms with Crippen LogP contribution in [-0.4, -0.2) is 27.8 Å². The first kappa shape index (κ1) is 23.6. The fourth-order valence-corrected chi connectivity index (χ4v) is 5.49. The normalized spacial score (nSPS) is 12.4. The standard InChI is InChI=1S/C22H22N2O6S2/c1-22(2,26)16-9-7-8-15(14-16)17-10-3-4-11-18(17)21(25)24-32(29,30)20-13-6-5-12-19(20)31(23,27)28/h3-14,26H,1-2H3,(H,24,25)(H2,23,27,28). The van der Waals surface area contributed by atoms with Crippen molar-refractivity contribution in [3.8, 4) is 11.1 Å². The molecule has 0 bridgehead atoms. The highest BCUT2D eigenvalue weighted by atomic mass is 32.2. The Morgan fingerprint density at radius 1 is 0.875 bits per heavy atom. The van der Waals surface area contributed by atoms with Gasteiger partial charge in [0.25, 0.3) is 15.9 Å². The highest BCUT2D eigenvalue weighted by Gasteiger charge is 2.27. The Labute approximate surface area is 186 Å². The molecule has 10 heteroatoms. The molecule has 0 unspecified atom stereocenters. The largest absolute Gasteiger partial charge is 0.386 e. The topological polar surface area (TPSA) is 144 Å². The number of hydrogen-bond donors (Lipinski definition) is 3. The van der Waals surface area contributed by atoms with E-state index in [4.69, 9.17) is 5.14 Å². The van der Waals surface area contributed by atoms with Crippen molar-refractivity contribution in [3.63, 3.8) is 0 Å². The molecule has 1 amide bonds. The molecule has 0 radical (unpaired) electrons. The molecule has 0 aliphatic carbocycles. The second-order valence-corrected chi connectivity index (χ2v) is 10.8. The third kappa shape index (κ3) is 5.05. The van der Waals surface area contributed by atoms with Gasteiger partial charge in [0, 0.05) is 5.56 Å². The van der Waals surface area contributed by atoms with Gasteiger partial charge in [-0.2, -0.15) is 0 Å².